The predicted octanol–water partition coefficient (Wildman–Crippen LogP) is 7.87. The van der Waals surface area contributed by atoms with Crippen molar-refractivity contribution in [1.29, 1.82) is 0 Å². The van der Waals surface area contributed by atoms with Crippen LogP contribution < -0.4 is 0 Å². The smallest absolute Gasteiger partial charge is 0.0159 e. The van der Waals surface area contributed by atoms with Gasteiger partial charge in [0.1, 0.15) is 0 Å². The highest BCUT2D eigenvalue weighted by atomic mass is 14.4. The summed E-state index contributed by atoms with van der Waals surface area (Å²) in [6.45, 7) is 13.6. The molecule has 0 saturated heterocycles. The standard InChI is InChI=1S/C28H30/c1-7-11-22-20(8-2)14-15-25-27(22)24-17-23(21-13-10-9-12-18(21)3)19(4)16-26(24)28(25,5)6/h7,9-17H,8H2,1-6H3/b11-7-. The van der Waals surface area contributed by atoms with E-state index in [2.05, 4.69) is 102 Å². The highest BCUT2D eigenvalue weighted by Crippen LogP contribution is 2.52. The van der Waals surface area contributed by atoms with E-state index in [-0.39, 0.29) is 5.41 Å². The van der Waals surface area contributed by atoms with Gasteiger partial charge in [-0.25, -0.2) is 0 Å². The molecule has 0 atom stereocenters. The maximum absolute atomic E-state index is 2.45. The van der Waals surface area contributed by atoms with Gasteiger partial charge in [-0.05, 0) is 88.9 Å². The summed E-state index contributed by atoms with van der Waals surface area (Å²) in [5.74, 6) is 0. The minimum absolute atomic E-state index is 0.0301. The van der Waals surface area contributed by atoms with Gasteiger partial charge >= 0.3 is 0 Å². The Morgan fingerprint density at radius 3 is 2.25 bits per heavy atom. The lowest BCUT2D eigenvalue weighted by Gasteiger charge is -2.23. The van der Waals surface area contributed by atoms with Gasteiger partial charge in [-0.1, -0.05) is 75.4 Å². The Labute approximate surface area is 169 Å². The highest BCUT2D eigenvalue weighted by Gasteiger charge is 2.37. The number of allylic oxidation sites excluding steroid dienone is 1. The van der Waals surface area contributed by atoms with Crippen molar-refractivity contribution >= 4 is 6.08 Å². The molecule has 1 aliphatic carbocycles. The van der Waals surface area contributed by atoms with Crippen LogP contribution in [0.3, 0.4) is 0 Å². The van der Waals surface area contributed by atoms with E-state index in [4.69, 9.17) is 0 Å². The van der Waals surface area contributed by atoms with E-state index in [1.165, 1.54) is 55.6 Å². The number of hydrogen-bond acceptors (Lipinski definition) is 0. The summed E-state index contributed by atoms with van der Waals surface area (Å²) in [5.41, 5.74) is 14.0. The number of fused-ring (bicyclic) bond motifs is 3. The zero-order valence-corrected chi connectivity index (χ0v) is 18.0. The molecule has 0 amide bonds. The number of benzene rings is 3. The first kappa shape index (κ1) is 18.7. The quantitative estimate of drug-likeness (QED) is 0.442. The largest absolute Gasteiger partial charge is 0.0870 e. The van der Waals surface area contributed by atoms with Gasteiger partial charge in [-0.2, -0.15) is 0 Å². The third-order valence-corrected chi connectivity index (χ3v) is 6.47. The molecule has 142 valence electrons. The van der Waals surface area contributed by atoms with Gasteiger partial charge in [-0.3, -0.25) is 0 Å². The van der Waals surface area contributed by atoms with E-state index >= 15 is 0 Å². The average molecular weight is 367 g/mol. The normalized spacial score (nSPS) is 14.4. The Hall–Kier alpha value is -2.60. The minimum Gasteiger partial charge on any atom is -0.0870 e. The van der Waals surface area contributed by atoms with Crippen LogP contribution in [0, 0.1) is 13.8 Å². The molecule has 28 heavy (non-hydrogen) atoms. The molecular formula is C28H30. The van der Waals surface area contributed by atoms with Crippen LogP contribution in [0.4, 0.5) is 0 Å². The maximum Gasteiger partial charge on any atom is 0.0159 e. The summed E-state index contributed by atoms with van der Waals surface area (Å²) in [6, 6.07) is 18.3. The van der Waals surface area contributed by atoms with Gasteiger partial charge < -0.3 is 0 Å². The first-order valence-electron chi connectivity index (χ1n) is 10.4. The molecule has 0 fully saturated rings. The number of rotatable bonds is 3. The molecule has 0 unspecified atom stereocenters. The molecule has 0 heteroatoms. The molecule has 0 radical (unpaired) electrons. The van der Waals surface area contributed by atoms with Crippen LogP contribution in [0.25, 0.3) is 28.3 Å². The SMILES string of the molecule is C/C=C\c1c(CC)ccc2c1-c1cc(-c3ccccc3C)c(C)cc1C2(C)C. The Morgan fingerprint density at radius 1 is 0.821 bits per heavy atom. The molecule has 0 heterocycles. The second-order valence-electron chi connectivity index (χ2n) is 8.57. The molecule has 0 spiro atoms. The van der Waals surface area contributed by atoms with E-state index in [9.17, 15) is 0 Å². The summed E-state index contributed by atoms with van der Waals surface area (Å²) >= 11 is 0. The lowest BCUT2D eigenvalue weighted by atomic mass is 9.80. The summed E-state index contributed by atoms with van der Waals surface area (Å²) < 4.78 is 0. The van der Waals surface area contributed by atoms with Crippen molar-refractivity contribution in [1.82, 2.24) is 0 Å². The Morgan fingerprint density at radius 2 is 1.57 bits per heavy atom. The third-order valence-electron chi connectivity index (χ3n) is 6.47. The van der Waals surface area contributed by atoms with Crippen molar-refractivity contribution in [2.75, 3.05) is 0 Å². The van der Waals surface area contributed by atoms with E-state index in [0.29, 0.717) is 0 Å². The first-order valence-corrected chi connectivity index (χ1v) is 10.4. The summed E-state index contributed by atoms with van der Waals surface area (Å²) in [6.07, 6.45) is 5.53. The van der Waals surface area contributed by atoms with Gasteiger partial charge in [0.05, 0.1) is 0 Å². The number of aryl methyl sites for hydroxylation is 3. The summed E-state index contributed by atoms with van der Waals surface area (Å²) in [4.78, 5) is 0. The second-order valence-corrected chi connectivity index (χ2v) is 8.57. The molecule has 0 saturated carbocycles. The van der Waals surface area contributed by atoms with Crippen LogP contribution in [-0.4, -0.2) is 0 Å². The van der Waals surface area contributed by atoms with Crippen LogP contribution in [0.1, 0.15) is 61.1 Å². The van der Waals surface area contributed by atoms with Crippen LogP contribution in [0.2, 0.25) is 0 Å². The molecule has 0 N–H and O–H groups in total. The van der Waals surface area contributed by atoms with Crippen LogP contribution in [0.15, 0.2) is 54.6 Å². The van der Waals surface area contributed by atoms with Crippen molar-refractivity contribution in [3.8, 4) is 22.3 Å². The first-order chi connectivity index (χ1) is 13.4. The maximum atomic E-state index is 2.45. The molecule has 0 aliphatic heterocycles. The van der Waals surface area contributed by atoms with E-state index in [1.807, 2.05) is 0 Å². The van der Waals surface area contributed by atoms with E-state index in [0.717, 1.165) is 6.42 Å². The average Bonchev–Trinajstić information content (AvgIpc) is 2.89. The minimum atomic E-state index is 0.0301. The van der Waals surface area contributed by atoms with Gasteiger partial charge in [0.25, 0.3) is 0 Å². The van der Waals surface area contributed by atoms with Crippen LogP contribution in [0.5, 0.6) is 0 Å². The second kappa shape index (κ2) is 6.78. The molecule has 1 aliphatic rings. The fraction of sp³-hybridized carbons (Fsp3) is 0.286. The van der Waals surface area contributed by atoms with Crippen molar-refractivity contribution in [3.05, 3.63) is 88.0 Å². The molecule has 3 aromatic carbocycles. The molecule has 3 aromatic rings. The highest BCUT2D eigenvalue weighted by molar-refractivity contribution is 5.91. The van der Waals surface area contributed by atoms with Crippen molar-refractivity contribution in [2.24, 2.45) is 0 Å². The summed E-state index contributed by atoms with van der Waals surface area (Å²) in [5, 5.41) is 0. The molecule has 0 nitrogen and oxygen atoms in total. The van der Waals surface area contributed by atoms with Gasteiger partial charge in [0, 0.05) is 5.41 Å². The zero-order valence-electron chi connectivity index (χ0n) is 18.0. The predicted molar refractivity (Wildman–Crippen MR) is 123 cm³/mol. The van der Waals surface area contributed by atoms with E-state index < -0.39 is 0 Å². The molecule has 4 rings (SSSR count). The molecular weight excluding hydrogens is 336 g/mol. The fourth-order valence-electron chi connectivity index (χ4n) is 4.88. The van der Waals surface area contributed by atoms with E-state index in [1.54, 1.807) is 0 Å². The van der Waals surface area contributed by atoms with Crippen LogP contribution >= 0.6 is 0 Å². The van der Waals surface area contributed by atoms with Crippen molar-refractivity contribution in [3.63, 3.8) is 0 Å². The fourth-order valence-corrected chi connectivity index (χ4v) is 4.88. The van der Waals surface area contributed by atoms with Crippen molar-refractivity contribution in [2.45, 2.75) is 53.4 Å². The van der Waals surface area contributed by atoms with Gasteiger partial charge in [-0.15, -0.1) is 0 Å². The topological polar surface area (TPSA) is 0 Å². The zero-order chi connectivity index (χ0) is 20.1. The Balaban J connectivity index is 2.08. The van der Waals surface area contributed by atoms with Gasteiger partial charge in [0.15, 0.2) is 0 Å². The lowest BCUT2D eigenvalue weighted by molar-refractivity contribution is 0.659. The van der Waals surface area contributed by atoms with Gasteiger partial charge in [0.2, 0.25) is 0 Å². The van der Waals surface area contributed by atoms with Crippen LogP contribution in [-0.2, 0) is 11.8 Å². The summed E-state index contributed by atoms with van der Waals surface area (Å²) in [7, 11) is 0. The molecule has 0 bridgehead atoms. The monoisotopic (exact) mass is 366 g/mol. The Kier molecular flexibility index (Phi) is 4.54. The Bertz CT molecular complexity index is 1090. The molecule has 0 aromatic heterocycles. The van der Waals surface area contributed by atoms with Crippen molar-refractivity contribution < 1.29 is 0 Å². The number of hydrogen-bond donors (Lipinski definition) is 0. The lowest BCUT2D eigenvalue weighted by Crippen LogP contribution is -2.15. The third kappa shape index (κ3) is 2.66.